The number of fused-ring (bicyclic) bond motifs is 1. The molecule has 26 heavy (non-hydrogen) atoms. The molecule has 0 unspecified atom stereocenters. The number of carbonyl (C=O) groups is 1. The molecule has 1 aliphatic carbocycles. The van der Waals surface area contributed by atoms with E-state index in [2.05, 4.69) is 10.3 Å². The number of rotatable bonds is 3. The van der Waals surface area contributed by atoms with Crippen molar-refractivity contribution in [1.82, 2.24) is 14.7 Å². The maximum Gasteiger partial charge on any atom is 0.251 e. The molecule has 2 aromatic heterocycles. The monoisotopic (exact) mass is 351 g/mol. The van der Waals surface area contributed by atoms with Crippen LogP contribution in [0.4, 0.5) is 4.39 Å². The Hall–Kier alpha value is -2.69. The van der Waals surface area contributed by atoms with Crippen molar-refractivity contribution in [3.05, 3.63) is 59.8 Å². The highest BCUT2D eigenvalue weighted by atomic mass is 19.1. The van der Waals surface area contributed by atoms with Gasteiger partial charge in [-0.2, -0.15) is 0 Å². The largest absolute Gasteiger partial charge is 0.349 e. The normalized spacial score (nSPS) is 15.3. The zero-order valence-electron chi connectivity index (χ0n) is 14.8. The summed E-state index contributed by atoms with van der Waals surface area (Å²) in [6, 6.07) is 10.6. The molecule has 1 fully saturated rings. The Morgan fingerprint density at radius 3 is 2.77 bits per heavy atom. The Morgan fingerprint density at radius 2 is 2.00 bits per heavy atom. The molecule has 5 heteroatoms. The fourth-order valence-electron chi connectivity index (χ4n) is 3.75. The van der Waals surface area contributed by atoms with E-state index in [9.17, 15) is 9.18 Å². The smallest absolute Gasteiger partial charge is 0.251 e. The van der Waals surface area contributed by atoms with Crippen molar-refractivity contribution in [3.8, 4) is 11.3 Å². The molecule has 4 rings (SSSR count). The van der Waals surface area contributed by atoms with Gasteiger partial charge in [0, 0.05) is 23.4 Å². The summed E-state index contributed by atoms with van der Waals surface area (Å²) in [7, 11) is 0. The van der Waals surface area contributed by atoms with E-state index >= 15 is 0 Å². The fourth-order valence-corrected chi connectivity index (χ4v) is 3.75. The lowest BCUT2D eigenvalue weighted by molar-refractivity contribution is 0.0927. The molecule has 0 aliphatic heterocycles. The van der Waals surface area contributed by atoms with Gasteiger partial charge in [0.1, 0.15) is 11.6 Å². The van der Waals surface area contributed by atoms with Gasteiger partial charge in [-0.25, -0.2) is 9.37 Å². The SMILES string of the molecule is Cc1nc(-c2ccc(C(=O)NC3CCCCC3)cc2F)c2ccccn12. The second-order valence-corrected chi connectivity index (χ2v) is 6.97. The van der Waals surface area contributed by atoms with E-state index in [0.29, 0.717) is 16.8 Å². The van der Waals surface area contributed by atoms with E-state index in [1.54, 1.807) is 12.1 Å². The predicted octanol–water partition coefficient (Wildman–Crippen LogP) is 4.51. The Morgan fingerprint density at radius 1 is 1.19 bits per heavy atom. The highest BCUT2D eigenvalue weighted by molar-refractivity contribution is 5.95. The molecular formula is C21H22FN3O. The predicted molar refractivity (Wildman–Crippen MR) is 99.7 cm³/mol. The van der Waals surface area contributed by atoms with Gasteiger partial charge in [-0.05, 0) is 50.1 Å². The van der Waals surface area contributed by atoms with Crippen LogP contribution >= 0.6 is 0 Å². The molecule has 1 aliphatic rings. The zero-order chi connectivity index (χ0) is 18.1. The number of pyridine rings is 1. The maximum absolute atomic E-state index is 14.8. The molecule has 1 amide bonds. The van der Waals surface area contributed by atoms with Gasteiger partial charge in [0.15, 0.2) is 0 Å². The van der Waals surface area contributed by atoms with Crippen molar-refractivity contribution in [2.45, 2.75) is 45.1 Å². The first-order valence-electron chi connectivity index (χ1n) is 9.18. The number of halogens is 1. The molecule has 1 saturated carbocycles. The number of nitrogens with zero attached hydrogens (tertiary/aromatic N) is 2. The molecule has 0 radical (unpaired) electrons. The highest BCUT2D eigenvalue weighted by Crippen LogP contribution is 2.28. The number of hydrogen-bond acceptors (Lipinski definition) is 2. The average molecular weight is 351 g/mol. The molecule has 0 bridgehead atoms. The Balaban J connectivity index is 1.62. The van der Waals surface area contributed by atoms with Gasteiger partial charge in [-0.3, -0.25) is 4.79 Å². The fraction of sp³-hybridized carbons (Fsp3) is 0.333. The molecule has 1 N–H and O–H groups in total. The van der Waals surface area contributed by atoms with Crippen molar-refractivity contribution in [1.29, 1.82) is 0 Å². The number of carbonyl (C=O) groups excluding carboxylic acids is 1. The minimum atomic E-state index is -0.426. The number of aryl methyl sites for hydroxylation is 1. The lowest BCUT2D eigenvalue weighted by atomic mass is 9.95. The Kier molecular flexibility index (Phi) is 4.45. The van der Waals surface area contributed by atoms with E-state index in [4.69, 9.17) is 0 Å². The minimum absolute atomic E-state index is 0.201. The molecule has 4 nitrogen and oxygen atoms in total. The average Bonchev–Trinajstić information content (AvgIpc) is 2.99. The summed E-state index contributed by atoms with van der Waals surface area (Å²) < 4.78 is 16.7. The molecule has 0 saturated heterocycles. The summed E-state index contributed by atoms with van der Waals surface area (Å²) in [5.41, 5.74) is 2.22. The van der Waals surface area contributed by atoms with E-state index < -0.39 is 5.82 Å². The van der Waals surface area contributed by atoms with Gasteiger partial charge < -0.3 is 9.72 Å². The summed E-state index contributed by atoms with van der Waals surface area (Å²) >= 11 is 0. The van der Waals surface area contributed by atoms with Crippen LogP contribution < -0.4 is 5.32 Å². The topological polar surface area (TPSA) is 46.4 Å². The second-order valence-electron chi connectivity index (χ2n) is 6.97. The lowest BCUT2D eigenvalue weighted by Gasteiger charge is -2.22. The molecule has 134 valence electrons. The van der Waals surface area contributed by atoms with Gasteiger partial charge in [-0.1, -0.05) is 25.3 Å². The third-order valence-electron chi connectivity index (χ3n) is 5.15. The van der Waals surface area contributed by atoms with Crippen LogP contribution in [0.5, 0.6) is 0 Å². The van der Waals surface area contributed by atoms with Gasteiger partial charge in [-0.15, -0.1) is 0 Å². The van der Waals surface area contributed by atoms with Crippen molar-refractivity contribution in [2.24, 2.45) is 0 Å². The molecule has 1 aromatic carbocycles. The van der Waals surface area contributed by atoms with E-state index in [-0.39, 0.29) is 11.9 Å². The van der Waals surface area contributed by atoms with Gasteiger partial charge in [0.2, 0.25) is 0 Å². The van der Waals surface area contributed by atoms with Crippen molar-refractivity contribution in [3.63, 3.8) is 0 Å². The van der Waals surface area contributed by atoms with Crippen LogP contribution in [0.3, 0.4) is 0 Å². The summed E-state index contributed by atoms with van der Waals surface area (Å²) in [5, 5.41) is 3.03. The highest BCUT2D eigenvalue weighted by Gasteiger charge is 2.19. The van der Waals surface area contributed by atoms with Crippen molar-refractivity contribution in [2.75, 3.05) is 0 Å². The van der Waals surface area contributed by atoms with Crippen LogP contribution in [0.15, 0.2) is 42.6 Å². The van der Waals surface area contributed by atoms with Gasteiger partial charge >= 0.3 is 0 Å². The third-order valence-corrected chi connectivity index (χ3v) is 5.15. The van der Waals surface area contributed by atoms with E-state index in [1.165, 1.54) is 12.5 Å². The molecule has 2 heterocycles. The van der Waals surface area contributed by atoms with Gasteiger partial charge in [0.05, 0.1) is 11.2 Å². The first kappa shape index (κ1) is 16.8. The Labute approximate surface area is 152 Å². The van der Waals surface area contributed by atoms with Crippen molar-refractivity contribution >= 4 is 11.4 Å². The summed E-state index contributed by atoms with van der Waals surface area (Å²) in [4.78, 5) is 16.9. The Bertz CT molecular complexity index is 957. The van der Waals surface area contributed by atoms with Crippen LogP contribution in [-0.2, 0) is 0 Å². The molecule has 0 spiro atoms. The summed E-state index contributed by atoms with van der Waals surface area (Å²) in [6.07, 6.45) is 7.44. The summed E-state index contributed by atoms with van der Waals surface area (Å²) in [6.45, 7) is 1.89. The zero-order valence-corrected chi connectivity index (χ0v) is 14.8. The van der Waals surface area contributed by atoms with E-state index in [1.807, 2.05) is 35.7 Å². The summed E-state index contributed by atoms with van der Waals surface area (Å²) in [5.74, 6) is 0.174. The van der Waals surface area contributed by atoms with Gasteiger partial charge in [0.25, 0.3) is 5.91 Å². The van der Waals surface area contributed by atoms with Crippen LogP contribution in [0.1, 0.15) is 48.3 Å². The number of aromatic nitrogens is 2. The molecular weight excluding hydrogens is 329 g/mol. The van der Waals surface area contributed by atoms with Crippen LogP contribution in [0.2, 0.25) is 0 Å². The minimum Gasteiger partial charge on any atom is -0.349 e. The number of imidazole rings is 1. The lowest BCUT2D eigenvalue weighted by Crippen LogP contribution is -2.36. The number of nitrogens with one attached hydrogen (secondary N) is 1. The van der Waals surface area contributed by atoms with Crippen LogP contribution in [-0.4, -0.2) is 21.3 Å². The van der Waals surface area contributed by atoms with Crippen LogP contribution in [0, 0.1) is 12.7 Å². The molecule has 3 aromatic rings. The molecule has 0 atom stereocenters. The maximum atomic E-state index is 14.8. The second kappa shape index (κ2) is 6.90. The number of amides is 1. The standard InChI is InChI=1S/C21H22FN3O/c1-14-23-20(19-9-5-6-12-25(14)19)17-11-10-15(13-18(17)22)21(26)24-16-7-3-2-4-8-16/h5-6,9-13,16H,2-4,7-8H2,1H3,(H,24,26). The first-order valence-corrected chi connectivity index (χ1v) is 9.18. The number of hydrogen-bond donors (Lipinski definition) is 1. The van der Waals surface area contributed by atoms with Crippen LogP contribution in [0.25, 0.3) is 16.8 Å². The van der Waals surface area contributed by atoms with E-state index in [0.717, 1.165) is 37.0 Å². The quantitative estimate of drug-likeness (QED) is 0.754. The number of benzene rings is 1. The first-order chi connectivity index (χ1) is 12.6. The van der Waals surface area contributed by atoms with Crippen molar-refractivity contribution < 1.29 is 9.18 Å². The third kappa shape index (κ3) is 3.09.